The van der Waals surface area contributed by atoms with Crippen molar-refractivity contribution >= 4 is 0 Å². The van der Waals surface area contributed by atoms with E-state index in [1.807, 2.05) is 30.6 Å². The highest BCUT2D eigenvalue weighted by Crippen LogP contribution is 2.05. The Kier molecular flexibility index (Phi) is 3.15. The summed E-state index contributed by atoms with van der Waals surface area (Å²) in [5.74, 6) is 0.960. The van der Waals surface area contributed by atoms with Crippen molar-refractivity contribution in [3.63, 3.8) is 0 Å². The number of aryl methyl sites for hydroxylation is 1. The van der Waals surface area contributed by atoms with Crippen LogP contribution in [0.25, 0.3) is 0 Å². The molecule has 3 nitrogen and oxygen atoms in total. The number of rotatable bonds is 4. The molecule has 2 aromatic heterocycles. The summed E-state index contributed by atoms with van der Waals surface area (Å²) >= 11 is 0. The molecule has 2 rings (SSSR count). The van der Waals surface area contributed by atoms with Crippen molar-refractivity contribution in [2.45, 2.75) is 20.0 Å². The number of hydrogen-bond acceptors (Lipinski definition) is 3. The SMILES string of the molecule is Cc1cnccc1CNCc1ccco1. The van der Waals surface area contributed by atoms with E-state index < -0.39 is 0 Å². The molecular weight excluding hydrogens is 188 g/mol. The van der Waals surface area contributed by atoms with Crippen molar-refractivity contribution in [2.75, 3.05) is 0 Å². The van der Waals surface area contributed by atoms with E-state index in [-0.39, 0.29) is 0 Å². The zero-order valence-electron chi connectivity index (χ0n) is 8.73. The lowest BCUT2D eigenvalue weighted by molar-refractivity contribution is 0.482. The van der Waals surface area contributed by atoms with Crippen molar-refractivity contribution in [3.8, 4) is 0 Å². The molecule has 2 aromatic rings. The maximum absolute atomic E-state index is 5.23. The van der Waals surface area contributed by atoms with E-state index in [4.69, 9.17) is 4.42 Å². The van der Waals surface area contributed by atoms with E-state index in [0.717, 1.165) is 18.8 Å². The maximum atomic E-state index is 5.23. The highest BCUT2D eigenvalue weighted by atomic mass is 16.3. The summed E-state index contributed by atoms with van der Waals surface area (Å²) in [6, 6.07) is 5.89. The van der Waals surface area contributed by atoms with Gasteiger partial charge in [0.25, 0.3) is 0 Å². The lowest BCUT2D eigenvalue weighted by atomic mass is 10.1. The molecule has 0 spiro atoms. The Labute approximate surface area is 89.1 Å². The van der Waals surface area contributed by atoms with Gasteiger partial charge in [0.2, 0.25) is 0 Å². The van der Waals surface area contributed by atoms with E-state index in [1.165, 1.54) is 11.1 Å². The third-order valence-corrected chi connectivity index (χ3v) is 2.33. The smallest absolute Gasteiger partial charge is 0.117 e. The molecule has 0 atom stereocenters. The summed E-state index contributed by atoms with van der Waals surface area (Å²) < 4.78 is 5.23. The van der Waals surface area contributed by atoms with Crippen LogP contribution < -0.4 is 5.32 Å². The Hall–Kier alpha value is -1.61. The van der Waals surface area contributed by atoms with Gasteiger partial charge in [0.05, 0.1) is 12.8 Å². The fourth-order valence-electron chi connectivity index (χ4n) is 1.43. The van der Waals surface area contributed by atoms with Crippen LogP contribution >= 0.6 is 0 Å². The second-order valence-electron chi connectivity index (χ2n) is 3.49. The van der Waals surface area contributed by atoms with Gasteiger partial charge in [-0.25, -0.2) is 0 Å². The van der Waals surface area contributed by atoms with Crippen LogP contribution in [-0.2, 0) is 13.1 Å². The van der Waals surface area contributed by atoms with E-state index >= 15 is 0 Å². The normalized spacial score (nSPS) is 10.5. The minimum atomic E-state index is 0.759. The fraction of sp³-hybridized carbons (Fsp3) is 0.250. The average Bonchev–Trinajstić information content (AvgIpc) is 2.74. The van der Waals surface area contributed by atoms with Crippen LogP contribution in [0.2, 0.25) is 0 Å². The average molecular weight is 202 g/mol. The molecule has 1 N–H and O–H groups in total. The second-order valence-corrected chi connectivity index (χ2v) is 3.49. The molecule has 0 bridgehead atoms. The van der Waals surface area contributed by atoms with Gasteiger partial charge >= 0.3 is 0 Å². The zero-order chi connectivity index (χ0) is 10.5. The predicted octanol–water partition coefficient (Wildman–Crippen LogP) is 2.27. The van der Waals surface area contributed by atoms with Gasteiger partial charge in [-0.05, 0) is 36.2 Å². The van der Waals surface area contributed by atoms with Gasteiger partial charge in [-0.1, -0.05) is 0 Å². The Bertz CT molecular complexity index is 409. The monoisotopic (exact) mass is 202 g/mol. The summed E-state index contributed by atoms with van der Waals surface area (Å²) in [4.78, 5) is 4.06. The van der Waals surface area contributed by atoms with E-state index in [9.17, 15) is 0 Å². The molecule has 2 heterocycles. The maximum Gasteiger partial charge on any atom is 0.117 e. The predicted molar refractivity (Wildman–Crippen MR) is 58.2 cm³/mol. The van der Waals surface area contributed by atoms with E-state index in [2.05, 4.69) is 17.2 Å². The lowest BCUT2D eigenvalue weighted by Crippen LogP contribution is -2.13. The molecule has 0 aliphatic carbocycles. The van der Waals surface area contributed by atoms with Gasteiger partial charge in [-0.2, -0.15) is 0 Å². The lowest BCUT2D eigenvalue weighted by Gasteiger charge is -2.05. The number of nitrogens with one attached hydrogen (secondary N) is 1. The molecule has 0 saturated heterocycles. The number of nitrogens with zero attached hydrogens (tertiary/aromatic N) is 1. The molecule has 3 heteroatoms. The second kappa shape index (κ2) is 4.75. The zero-order valence-corrected chi connectivity index (χ0v) is 8.73. The topological polar surface area (TPSA) is 38.1 Å². The van der Waals surface area contributed by atoms with E-state index in [0.29, 0.717) is 0 Å². The summed E-state index contributed by atoms with van der Waals surface area (Å²) in [7, 11) is 0. The van der Waals surface area contributed by atoms with Gasteiger partial charge in [0, 0.05) is 18.9 Å². The third kappa shape index (κ3) is 2.67. The van der Waals surface area contributed by atoms with Crippen molar-refractivity contribution in [1.29, 1.82) is 0 Å². The van der Waals surface area contributed by atoms with Crippen LogP contribution in [0.3, 0.4) is 0 Å². The minimum Gasteiger partial charge on any atom is -0.468 e. The first-order chi connectivity index (χ1) is 7.36. The summed E-state index contributed by atoms with van der Waals surface area (Å²) in [6.07, 6.45) is 5.38. The Morgan fingerprint density at radius 1 is 1.33 bits per heavy atom. The molecular formula is C12H14N2O. The van der Waals surface area contributed by atoms with Gasteiger partial charge in [-0.3, -0.25) is 4.98 Å². The molecule has 0 aromatic carbocycles. The Morgan fingerprint density at radius 2 is 2.27 bits per heavy atom. The van der Waals surface area contributed by atoms with Crippen LogP contribution in [0.5, 0.6) is 0 Å². The molecule has 0 fully saturated rings. The van der Waals surface area contributed by atoms with Crippen molar-refractivity contribution in [2.24, 2.45) is 0 Å². The standard InChI is InChI=1S/C12H14N2O/c1-10-7-13-5-4-11(10)8-14-9-12-3-2-6-15-12/h2-7,14H,8-9H2,1H3. The number of hydrogen-bond donors (Lipinski definition) is 1. The number of pyridine rings is 1. The van der Waals surface area contributed by atoms with Gasteiger partial charge in [0.15, 0.2) is 0 Å². The molecule has 0 unspecified atom stereocenters. The number of aromatic nitrogens is 1. The molecule has 15 heavy (non-hydrogen) atoms. The van der Waals surface area contributed by atoms with Crippen LogP contribution in [-0.4, -0.2) is 4.98 Å². The van der Waals surface area contributed by atoms with Gasteiger partial charge < -0.3 is 9.73 Å². The third-order valence-electron chi connectivity index (χ3n) is 2.33. The highest BCUT2D eigenvalue weighted by molar-refractivity contribution is 5.21. The van der Waals surface area contributed by atoms with Crippen LogP contribution in [0.4, 0.5) is 0 Å². The first-order valence-corrected chi connectivity index (χ1v) is 4.99. The minimum absolute atomic E-state index is 0.759. The summed E-state index contributed by atoms with van der Waals surface area (Å²) in [5, 5.41) is 3.32. The molecule has 78 valence electrons. The fourth-order valence-corrected chi connectivity index (χ4v) is 1.43. The van der Waals surface area contributed by atoms with Gasteiger partial charge in [-0.15, -0.1) is 0 Å². The largest absolute Gasteiger partial charge is 0.468 e. The Balaban J connectivity index is 1.86. The first-order valence-electron chi connectivity index (χ1n) is 4.99. The number of furan rings is 1. The Morgan fingerprint density at radius 3 is 3.00 bits per heavy atom. The quantitative estimate of drug-likeness (QED) is 0.826. The summed E-state index contributed by atoms with van der Waals surface area (Å²) in [5.41, 5.74) is 2.49. The molecule has 0 saturated carbocycles. The van der Waals surface area contributed by atoms with Crippen molar-refractivity contribution in [1.82, 2.24) is 10.3 Å². The van der Waals surface area contributed by atoms with Gasteiger partial charge in [0.1, 0.15) is 5.76 Å². The van der Waals surface area contributed by atoms with Crippen molar-refractivity contribution < 1.29 is 4.42 Å². The molecule has 0 aliphatic rings. The van der Waals surface area contributed by atoms with Crippen LogP contribution in [0, 0.1) is 6.92 Å². The van der Waals surface area contributed by atoms with Crippen LogP contribution in [0.15, 0.2) is 41.3 Å². The first kappa shape index (κ1) is 9.93. The molecule has 0 aliphatic heterocycles. The summed E-state index contributed by atoms with van der Waals surface area (Å²) in [6.45, 7) is 3.67. The highest BCUT2D eigenvalue weighted by Gasteiger charge is 1.98. The van der Waals surface area contributed by atoms with Crippen LogP contribution in [0.1, 0.15) is 16.9 Å². The van der Waals surface area contributed by atoms with E-state index in [1.54, 1.807) is 6.26 Å². The molecule has 0 amide bonds. The molecule has 0 radical (unpaired) electrons. The van der Waals surface area contributed by atoms with Crippen molar-refractivity contribution in [3.05, 3.63) is 53.7 Å².